The third-order valence-electron chi connectivity index (χ3n) is 7.69. The minimum atomic E-state index is -0.910. The lowest BCUT2D eigenvalue weighted by molar-refractivity contribution is -0.143. The van der Waals surface area contributed by atoms with E-state index in [1.54, 1.807) is 69.3 Å². The lowest BCUT2D eigenvalue weighted by atomic mass is 9.95. The smallest absolute Gasteiger partial charge is 0.343 e. The Labute approximate surface area is 322 Å². The van der Waals surface area contributed by atoms with E-state index < -0.39 is 18.0 Å². The number of hydrogen-bond acceptors (Lipinski definition) is 11. The first-order chi connectivity index (χ1) is 25.0. The number of fused-ring (bicyclic) bond motifs is 1. The van der Waals surface area contributed by atoms with Gasteiger partial charge in [0.05, 0.1) is 53.2 Å². The van der Waals surface area contributed by atoms with Crippen molar-refractivity contribution in [3.63, 3.8) is 0 Å². The Balaban J connectivity index is 1.59. The number of carbonyl (C=O) groups is 2. The minimum Gasteiger partial charge on any atom is -0.490 e. The van der Waals surface area contributed by atoms with Gasteiger partial charge >= 0.3 is 11.9 Å². The number of rotatable bonds is 14. The molecule has 2 heterocycles. The number of ether oxygens (including phenoxy) is 6. The zero-order valence-corrected chi connectivity index (χ0v) is 32.8. The van der Waals surface area contributed by atoms with Crippen molar-refractivity contribution in [2.24, 2.45) is 4.99 Å². The molecule has 52 heavy (non-hydrogen) atoms. The van der Waals surface area contributed by atoms with Gasteiger partial charge in [-0.15, -0.1) is 0 Å². The number of halogens is 3. The summed E-state index contributed by atoms with van der Waals surface area (Å²) in [4.78, 5) is 44.6. The number of carbonyl (C=O) groups excluding carboxylic acids is 2. The van der Waals surface area contributed by atoms with Crippen LogP contribution in [-0.2, 0) is 25.7 Å². The third-order valence-corrected chi connectivity index (χ3v) is 9.85. The van der Waals surface area contributed by atoms with Crippen molar-refractivity contribution in [1.29, 1.82) is 0 Å². The van der Waals surface area contributed by atoms with E-state index in [4.69, 9.17) is 51.6 Å². The minimum absolute atomic E-state index is 0.126. The maximum atomic E-state index is 14.3. The Morgan fingerprint density at radius 2 is 1.69 bits per heavy atom. The van der Waals surface area contributed by atoms with Crippen molar-refractivity contribution in [2.75, 3.05) is 33.5 Å². The van der Waals surface area contributed by atoms with Crippen molar-refractivity contribution in [3.05, 3.63) is 111 Å². The van der Waals surface area contributed by atoms with Gasteiger partial charge in [0, 0.05) is 15.6 Å². The fourth-order valence-corrected chi connectivity index (χ4v) is 7.48. The second-order valence-electron chi connectivity index (χ2n) is 11.1. The number of nitrogens with zero attached hydrogens (tertiary/aromatic N) is 2. The highest BCUT2D eigenvalue weighted by Gasteiger charge is 2.34. The highest BCUT2D eigenvalue weighted by molar-refractivity contribution is 9.10. The number of esters is 2. The molecule has 3 aromatic carbocycles. The van der Waals surface area contributed by atoms with Gasteiger partial charge in [-0.1, -0.05) is 46.7 Å². The topological polar surface area (TPSA) is 124 Å². The molecular formula is C37H35BrCl2N2O9S. The van der Waals surface area contributed by atoms with Crippen LogP contribution in [0.5, 0.6) is 23.0 Å². The predicted octanol–water partition coefficient (Wildman–Crippen LogP) is 6.80. The zero-order valence-electron chi connectivity index (χ0n) is 28.9. The van der Waals surface area contributed by atoms with Crippen LogP contribution >= 0.6 is 50.5 Å². The van der Waals surface area contributed by atoms with Gasteiger partial charge in [-0.2, -0.15) is 0 Å². The molecule has 1 atom stereocenters. The van der Waals surface area contributed by atoms with Crippen LogP contribution in [0.4, 0.5) is 0 Å². The molecule has 0 saturated carbocycles. The van der Waals surface area contributed by atoms with E-state index >= 15 is 0 Å². The lowest BCUT2D eigenvalue weighted by Crippen LogP contribution is -2.40. The number of allylic oxidation sites excluding steroid dienone is 1. The van der Waals surface area contributed by atoms with E-state index in [-0.39, 0.29) is 31.0 Å². The fourth-order valence-electron chi connectivity index (χ4n) is 5.40. The first-order valence-electron chi connectivity index (χ1n) is 16.2. The molecule has 11 nitrogen and oxygen atoms in total. The van der Waals surface area contributed by atoms with E-state index in [2.05, 4.69) is 20.9 Å². The molecule has 0 fully saturated rings. The maximum absolute atomic E-state index is 14.3. The van der Waals surface area contributed by atoms with E-state index in [0.29, 0.717) is 76.9 Å². The largest absolute Gasteiger partial charge is 0.490 e. The predicted molar refractivity (Wildman–Crippen MR) is 202 cm³/mol. The van der Waals surface area contributed by atoms with E-state index in [1.807, 2.05) is 13.0 Å². The summed E-state index contributed by atoms with van der Waals surface area (Å²) >= 11 is 17.2. The van der Waals surface area contributed by atoms with E-state index in [1.165, 1.54) is 23.0 Å². The Morgan fingerprint density at radius 1 is 0.942 bits per heavy atom. The molecule has 15 heteroatoms. The van der Waals surface area contributed by atoms with Crippen molar-refractivity contribution < 1.29 is 38.0 Å². The third kappa shape index (κ3) is 8.66. The molecule has 1 aliphatic rings. The molecular weight excluding hydrogens is 799 g/mol. The summed E-state index contributed by atoms with van der Waals surface area (Å²) in [5.74, 6) is 0.363. The Bertz CT molecular complexity index is 2220. The number of methoxy groups -OCH3 is 1. The van der Waals surface area contributed by atoms with Crippen molar-refractivity contribution in [3.8, 4) is 23.0 Å². The van der Waals surface area contributed by atoms with Gasteiger partial charge < -0.3 is 28.4 Å². The normalized spacial score (nSPS) is 14.0. The number of thiazole rings is 1. The number of benzene rings is 3. The van der Waals surface area contributed by atoms with Gasteiger partial charge in [-0.05, 0) is 97.2 Å². The van der Waals surface area contributed by atoms with Gasteiger partial charge in [-0.25, -0.2) is 14.6 Å². The van der Waals surface area contributed by atoms with Gasteiger partial charge in [0.1, 0.15) is 6.61 Å². The quantitative estimate of drug-likeness (QED) is 0.126. The van der Waals surface area contributed by atoms with Gasteiger partial charge in [0.2, 0.25) is 0 Å². The SMILES string of the molecule is CCOC(=O)C1=C(C)N=c2s/c(=C\c3cc(Br)c(OCc4ccc(Cl)cc4Cl)c(OCC)c3)c(=O)n2[C@@H]1c1ccc(OCC(=O)OC)c(OCC)c1. The summed E-state index contributed by atoms with van der Waals surface area (Å²) in [7, 11) is 1.26. The Kier molecular flexibility index (Phi) is 13.1. The molecule has 4 aromatic rings. The molecule has 0 radical (unpaired) electrons. The summed E-state index contributed by atoms with van der Waals surface area (Å²) in [5.41, 5.74) is 2.18. The summed E-state index contributed by atoms with van der Waals surface area (Å²) in [6.45, 7) is 7.68. The van der Waals surface area contributed by atoms with Gasteiger partial charge in [0.15, 0.2) is 34.4 Å². The highest BCUT2D eigenvalue weighted by atomic mass is 79.9. The molecule has 0 saturated heterocycles. The summed E-state index contributed by atoms with van der Waals surface area (Å²) < 4.78 is 36.1. The molecule has 1 aromatic heterocycles. The Morgan fingerprint density at radius 3 is 2.38 bits per heavy atom. The summed E-state index contributed by atoms with van der Waals surface area (Å²) in [6.07, 6.45) is 1.73. The molecule has 0 spiro atoms. The number of aromatic nitrogens is 1. The molecule has 0 N–H and O–H groups in total. The zero-order chi connectivity index (χ0) is 37.5. The van der Waals surface area contributed by atoms with Crippen LogP contribution in [0, 0.1) is 0 Å². The van der Waals surface area contributed by atoms with Crippen LogP contribution < -0.4 is 33.8 Å². The monoisotopic (exact) mass is 832 g/mol. The first-order valence-corrected chi connectivity index (χ1v) is 18.5. The van der Waals surface area contributed by atoms with Crippen molar-refractivity contribution in [2.45, 2.75) is 40.3 Å². The second kappa shape index (κ2) is 17.5. The van der Waals surface area contributed by atoms with Crippen molar-refractivity contribution >= 4 is 68.5 Å². The molecule has 1 aliphatic heterocycles. The first kappa shape index (κ1) is 38.9. The molecule has 5 rings (SSSR count). The number of hydrogen-bond donors (Lipinski definition) is 0. The maximum Gasteiger partial charge on any atom is 0.343 e. The summed E-state index contributed by atoms with van der Waals surface area (Å²) in [6, 6.07) is 12.9. The fraction of sp³-hybridized carbons (Fsp3) is 0.297. The van der Waals surface area contributed by atoms with Crippen LogP contribution in [0.25, 0.3) is 6.08 Å². The molecule has 0 bridgehead atoms. The Hall–Kier alpha value is -4.30. The van der Waals surface area contributed by atoms with Crippen LogP contribution in [0.3, 0.4) is 0 Å². The molecule has 0 aliphatic carbocycles. The molecule has 274 valence electrons. The molecule has 0 amide bonds. The van der Waals surface area contributed by atoms with Crippen molar-refractivity contribution in [1.82, 2.24) is 4.57 Å². The highest BCUT2D eigenvalue weighted by Crippen LogP contribution is 2.39. The average Bonchev–Trinajstić information content (AvgIpc) is 3.40. The van der Waals surface area contributed by atoms with E-state index in [9.17, 15) is 14.4 Å². The van der Waals surface area contributed by atoms with Crippen LogP contribution in [0.2, 0.25) is 10.0 Å². The standard InChI is InChI=1S/C37H35BrCl2N2O9S/c1-6-47-28-16-22(10-12-27(28)50-19-31(43)46-5)33-32(36(45)49-8-3)20(4)41-37-42(33)35(44)30(52-37)15-21-13-25(38)34(29(14-21)48-7-2)51-18-23-9-11-24(39)17-26(23)40/h9-17,33H,6-8,18-19H2,1-5H3/b30-15-/t33-/m1/s1. The van der Waals surface area contributed by atoms with Crippen LogP contribution in [-0.4, -0.2) is 50.0 Å². The van der Waals surface area contributed by atoms with Crippen LogP contribution in [0.15, 0.2) is 74.1 Å². The second-order valence-corrected chi connectivity index (χ2v) is 13.8. The van der Waals surface area contributed by atoms with Gasteiger partial charge in [0.25, 0.3) is 5.56 Å². The van der Waals surface area contributed by atoms with Crippen LogP contribution in [0.1, 0.15) is 50.4 Å². The molecule has 0 unspecified atom stereocenters. The lowest BCUT2D eigenvalue weighted by Gasteiger charge is -2.25. The van der Waals surface area contributed by atoms with Gasteiger partial charge in [-0.3, -0.25) is 9.36 Å². The van der Waals surface area contributed by atoms with E-state index in [0.717, 1.165) is 5.56 Å². The average molecular weight is 835 g/mol. The summed E-state index contributed by atoms with van der Waals surface area (Å²) in [5, 5.41) is 0.999.